The molecule has 0 aliphatic carbocycles. The Kier molecular flexibility index (Phi) is 4.60. The normalized spacial score (nSPS) is 12.3. The molecular weight excluding hydrogens is 366 g/mol. The van der Waals surface area contributed by atoms with E-state index in [1.54, 1.807) is 0 Å². The van der Waals surface area contributed by atoms with Crippen LogP contribution >= 0.6 is 0 Å². The number of aryl methyl sites for hydroxylation is 2. The van der Waals surface area contributed by atoms with Gasteiger partial charge in [0, 0.05) is 18.5 Å². The van der Waals surface area contributed by atoms with Crippen LogP contribution in [0.25, 0.3) is 22.0 Å². The van der Waals surface area contributed by atoms with Crippen LogP contribution in [0.15, 0.2) is 72.8 Å². The fourth-order valence-electron chi connectivity index (χ4n) is 4.21. The van der Waals surface area contributed by atoms with E-state index in [0.717, 1.165) is 16.5 Å². The van der Waals surface area contributed by atoms with Crippen molar-refractivity contribution in [3.63, 3.8) is 0 Å². The topological polar surface area (TPSA) is 3.88 Å². The summed E-state index contributed by atoms with van der Waals surface area (Å²) in [5, 5.41) is 5.00. The van der Waals surface area contributed by atoms with Gasteiger partial charge in [0.15, 0.2) is 5.69 Å². The van der Waals surface area contributed by atoms with Crippen LogP contribution < -0.4 is 14.9 Å². The van der Waals surface area contributed by atoms with Crippen molar-refractivity contribution in [1.82, 2.24) is 0 Å². The van der Waals surface area contributed by atoms with Gasteiger partial charge in [-0.15, -0.1) is 0 Å². The lowest BCUT2D eigenvalue weighted by Crippen LogP contribution is -2.52. The molecule has 4 rings (SSSR count). The van der Waals surface area contributed by atoms with Crippen LogP contribution in [-0.2, 0) is 7.05 Å². The molecular formula is C27H30NSi+. The second-order valence-corrected chi connectivity index (χ2v) is 13.1. The number of fused-ring (bicyclic) bond motifs is 1. The molecule has 1 aromatic heterocycles. The largest absolute Gasteiger partial charge is 0.220 e. The van der Waals surface area contributed by atoms with Crippen molar-refractivity contribution in [3.05, 3.63) is 89.6 Å². The Balaban J connectivity index is 2.02. The van der Waals surface area contributed by atoms with Crippen LogP contribution in [0.1, 0.15) is 18.2 Å². The SMILES string of the molecule is [2H]c1c(C)[n+](C)c(-c2cc(C)ccc2C)c2ccc([Si](C)(C)c3ccccc3)cc12. The Labute approximate surface area is 177 Å². The van der Waals surface area contributed by atoms with Crippen LogP contribution in [0.2, 0.25) is 13.1 Å². The average Bonchev–Trinajstić information content (AvgIpc) is 2.75. The summed E-state index contributed by atoms with van der Waals surface area (Å²) in [6, 6.07) is 24.9. The van der Waals surface area contributed by atoms with E-state index in [-0.39, 0.29) is 0 Å². The average molecular weight is 398 g/mol. The number of hydrogen-bond acceptors (Lipinski definition) is 0. The monoisotopic (exact) mass is 397 g/mol. The Morgan fingerprint density at radius 2 is 1.55 bits per heavy atom. The summed E-state index contributed by atoms with van der Waals surface area (Å²) in [5.74, 6) is 0. The van der Waals surface area contributed by atoms with E-state index < -0.39 is 8.07 Å². The van der Waals surface area contributed by atoms with Crippen molar-refractivity contribution >= 4 is 29.2 Å². The molecule has 0 saturated carbocycles. The van der Waals surface area contributed by atoms with Gasteiger partial charge in [0.1, 0.15) is 15.1 Å². The molecule has 29 heavy (non-hydrogen) atoms. The molecule has 4 aromatic rings. The fourth-order valence-corrected chi connectivity index (χ4v) is 6.57. The number of nitrogens with zero attached hydrogens (tertiary/aromatic N) is 1. The molecule has 1 heterocycles. The third-order valence-electron chi connectivity index (χ3n) is 6.29. The minimum atomic E-state index is -1.83. The third-order valence-corrected chi connectivity index (χ3v) is 9.83. The molecule has 2 heteroatoms. The highest BCUT2D eigenvalue weighted by molar-refractivity contribution is 7.00. The summed E-state index contributed by atoms with van der Waals surface area (Å²) in [6.07, 6.45) is 0. The molecule has 0 spiro atoms. The minimum Gasteiger partial charge on any atom is -0.198 e. The Morgan fingerprint density at radius 3 is 2.28 bits per heavy atom. The fraction of sp³-hybridized carbons (Fsp3) is 0.222. The molecule has 0 N–H and O–H groups in total. The molecule has 0 aliphatic heterocycles. The van der Waals surface area contributed by atoms with E-state index in [1.165, 1.54) is 32.8 Å². The lowest BCUT2D eigenvalue weighted by atomic mass is 9.97. The number of pyridine rings is 1. The van der Waals surface area contributed by atoms with Crippen LogP contribution in [0.4, 0.5) is 0 Å². The molecule has 0 aliphatic rings. The van der Waals surface area contributed by atoms with Crippen LogP contribution in [0.3, 0.4) is 0 Å². The Morgan fingerprint density at radius 1 is 0.828 bits per heavy atom. The second kappa shape index (κ2) is 7.27. The van der Waals surface area contributed by atoms with Crippen molar-refractivity contribution in [1.29, 1.82) is 0 Å². The maximum absolute atomic E-state index is 8.88. The zero-order valence-corrected chi connectivity index (χ0v) is 19.3. The standard InChI is InChI=1S/C27H30NSi/c1-19-12-13-20(2)26(16-19)27-25-15-14-24(18-22(25)17-21(3)28(27)4)29(5,6)23-10-8-7-9-11-23/h7-18H,1-6H3/q+1/i17D. The lowest BCUT2D eigenvalue weighted by Gasteiger charge is -2.24. The molecule has 0 unspecified atom stereocenters. The first-order chi connectivity index (χ1) is 14.2. The summed E-state index contributed by atoms with van der Waals surface area (Å²) >= 11 is 0. The van der Waals surface area contributed by atoms with E-state index in [0.29, 0.717) is 6.04 Å². The summed E-state index contributed by atoms with van der Waals surface area (Å²) in [5.41, 5.74) is 5.96. The smallest absolute Gasteiger partial charge is 0.198 e. The summed E-state index contributed by atoms with van der Waals surface area (Å²) < 4.78 is 11.1. The van der Waals surface area contributed by atoms with Gasteiger partial charge in [0.05, 0.1) is 6.76 Å². The molecule has 0 fully saturated rings. The predicted molar refractivity (Wildman–Crippen MR) is 128 cm³/mol. The third kappa shape index (κ3) is 3.42. The van der Waals surface area contributed by atoms with Gasteiger partial charge in [-0.05, 0) is 36.9 Å². The van der Waals surface area contributed by atoms with Crippen LogP contribution in [0.5, 0.6) is 0 Å². The van der Waals surface area contributed by atoms with Gasteiger partial charge in [0.25, 0.3) is 0 Å². The maximum atomic E-state index is 8.88. The first kappa shape index (κ1) is 18.3. The van der Waals surface area contributed by atoms with Gasteiger partial charge in [0.2, 0.25) is 5.69 Å². The number of benzene rings is 3. The minimum absolute atomic E-state index is 0.626. The highest BCUT2D eigenvalue weighted by atomic mass is 28.3. The van der Waals surface area contributed by atoms with E-state index in [9.17, 15) is 0 Å². The van der Waals surface area contributed by atoms with Crippen LogP contribution in [-0.4, -0.2) is 8.07 Å². The van der Waals surface area contributed by atoms with Crippen molar-refractivity contribution in [2.45, 2.75) is 33.9 Å². The molecule has 0 radical (unpaired) electrons. The number of rotatable bonds is 3. The van der Waals surface area contributed by atoms with Gasteiger partial charge in [-0.3, -0.25) is 0 Å². The molecule has 146 valence electrons. The zero-order chi connectivity index (χ0) is 21.6. The van der Waals surface area contributed by atoms with Gasteiger partial charge >= 0.3 is 0 Å². The number of hydrogen-bond donors (Lipinski definition) is 0. The van der Waals surface area contributed by atoms with Gasteiger partial charge in [-0.1, -0.05) is 83.6 Å². The predicted octanol–water partition coefficient (Wildman–Crippen LogP) is 5.08. The van der Waals surface area contributed by atoms with E-state index in [1.807, 2.05) is 0 Å². The van der Waals surface area contributed by atoms with Crippen molar-refractivity contribution in [2.24, 2.45) is 7.05 Å². The molecule has 1 nitrogen and oxygen atoms in total. The van der Waals surface area contributed by atoms with Gasteiger partial charge < -0.3 is 0 Å². The van der Waals surface area contributed by atoms with Crippen LogP contribution in [0, 0.1) is 20.8 Å². The zero-order valence-electron chi connectivity index (χ0n) is 19.3. The number of aromatic nitrogens is 1. The Hall–Kier alpha value is -2.71. The van der Waals surface area contributed by atoms with Gasteiger partial charge in [-0.25, -0.2) is 0 Å². The van der Waals surface area contributed by atoms with E-state index >= 15 is 0 Å². The first-order valence-electron chi connectivity index (χ1n) is 10.8. The molecule has 0 atom stereocenters. The lowest BCUT2D eigenvalue weighted by molar-refractivity contribution is -0.665. The van der Waals surface area contributed by atoms with E-state index in [2.05, 4.69) is 112 Å². The molecule has 3 aromatic carbocycles. The van der Waals surface area contributed by atoms with Crippen molar-refractivity contribution < 1.29 is 5.94 Å². The van der Waals surface area contributed by atoms with E-state index in [4.69, 9.17) is 1.37 Å². The second-order valence-electron chi connectivity index (χ2n) is 8.69. The summed E-state index contributed by atoms with van der Waals surface area (Å²) in [7, 11) is 0.250. The highest BCUT2D eigenvalue weighted by Crippen LogP contribution is 2.29. The van der Waals surface area contributed by atoms with Crippen molar-refractivity contribution in [2.75, 3.05) is 0 Å². The maximum Gasteiger partial charge on any atom is 0.220 e. The molecule has 0 bridgehead atoms. The summed E-state index contributed by atoms with van der Waals surface area (Å²) in [4.78, 5) is 0. The molecule has 0 amide bonds. The van der Waals surface area contributed by atoms with Gasteiger partial charge in [-0.2, -0.15) is 4.57 Å². The van der Waals surface area contributed by atoms with Crippen molar-refractivity contribution in [3.8, 4) is 11.3 Å². The molecule has 0 saturated heterocycles. The highest BCUT2D eigenvalue weighted by Gasteiger charge is 2.27. The quantitative estimate of drug-likeness (QED) is 0.335. The Bertz CT molecular complexity index is 1260. The summed E-state index contributed by atoms with van der Waals surface area (Å²) in [6.45, 7) is 11.2. The first-order valence-corrected chi connectivity index (χ1v) is 13.3.